The predicted octanol–water partition coefficient (Wildman–Crippen LogP) is 5.91. The third-order valence-corrected chi connectivity index (χ3v) is 7.23. The van der Waals surface area contributed by atoms with Crippen molar-refractivity contribution in [2.24, 2.45) is 0 Å². The van der Waals surface area contributed by atoms with Gasteiger partial charge in [-0.15, -0.1) is 11.3 Å². The molecule has 1 fully saturated rings. The Balaban J connectivity index is 1.81. The molecule has 0 unspecified atom stereocenters. The number of nitrogens with one attached hydrogen (secondary N) is 1. The number of amides is 2. The molecule has 5 nitrogen and oxygen atoms in total. The van der Waals surface area contributed by atoms with E-state index in [0.29, 0.717) is 16.3 Å². The smallest absolute Gasteiger partial charge is 0.271 e. The van der Waals surface area contributed by atoms with Crippen molar-refractivity contribution in [3.8, 4) is 0 Å². The van der Waals surface area contributed by atoms with Crippen LogP contribution in [0.25, 0.3) is 0 Å². The van der Waals surface area contributed by atoms with Gasteiger partial charge in [-0.2, -0.15) is 0 Å². The van der Waals surface area contributed by atoms with Gasteiger partial charge in [0, 0.05) is 11.7 Å². The summed E-state index contributed by atoms with van der Waals surface area (Å²) < 4.78 is 0. The van der Waals surface area contributed by atoms with Gasteiger partial charge in [0.15, 0.2) is 0 Å². The van der Waals surface area contributed by atoms with Crippen molar-refractivity contribution >= 4 is 28.8 Å². The molecule has 33 heavy (non-hydrogen) atoms. The first-order chi connectivity index (χ1) is 15.9. The molecule has 0 radical (unpaired) electrons. The number of nitrogens with zero attached hydrogens (tertiary/aromatic N) is 2. The van der Waals surface area contributed by atoms with E-state index < -0.39 is 6.04 Å². The summed E-state index contributed by atoms with van der Waals surface area (Å²) in [6.07, 6.45) is 5.44. The number of anilines is 1. The first-order valence-corrected chi connectivity index (χ1v) is 12.5. The van der Waals surface area contributed by atoms with E-state index in [2.05, 4.69) is 10.3 Å². The first-order valence-electron chi connectivity index (χ1n) is 11.6. The van der Waals surface area contributed by atoms with Crippen molar-refractivity contribution in [2.45, 2.75) is 65.0 Å². The summed E-state index contributed by atoms with van der Waals surface area (Å²) in [5.74, 6) is -0.335. The van der Waals surface area contributed by atoms with Crippen LogP contribution in [-0.2, 0) is 4.79 Å². The number of rotatable bonds is 6. The molecule has 2 amide bonds. The maximum Gasteiger partial charge on any atom is 0.271 e. The summed E-state index contributed by atoms with van der Waals surface area (Å²) in [4.78, 5) is 34.5. The lowest BCUT2D eigenvalue weighted by Crippen LogP contribution is -2.47. The molecule has 1 aromatic heterocycles. The molecule has 1 heterocycles. The lowest BCUT2D eigenvalue weighted by Gasteiger charge is -2.33. The van der Waals surface area contributed by atoms with Crippen molar-refractivity contribution in [3.63, 3.8) is 0 Å². The lowest BCUT2D eigenvalue weighted by atomic mass is 9.94. The Labute approximate surface area is 199 Å². The zero-order valence-corrected chi connectivity index (χ0v) is 20.3. The Morgan fingerprint density at radius 3 is 2.36 bits per heavy atom. The summed E-state index contributed by atoms with van der Waals surface area (Å²) in [6.45, 7) is 5.74. The number of carbonyl (C=O) groups excluding carboxylic acids is 2. The van der Waals surface area contributed by atoms with Crippen LogP contribution in [0.2, 0.25) is 0 Å². The number of carbonyl (C=O) groups is 2. The molecule has 2 aromatic carbocycles. The van der Waals surface area contributed by atoms with Crippen LogP contribution in [-0.4, -0.2) is 22.8 Å². The van der Waals surface area contributed by atoms with Gasteiger partial charge in [0.2, 0.25) is 5.91 Å². The standard InChI is InChI=1S/C27H31N3O2S/c1-18-11-10-16-23(17-18)30(27(32)25-19(2)28-20(3)33-25)24(21-12-6-4-7-13-21)26(31)29-22-14-8-5-9-15-22/h4,6-7,10-13,16-17,22,24H,5,8-9,14-15H2,1-3H3,(H,29,31)/t24-/m1/s1. The van der Waals surface area contributed by atoms with E-state index in [0.717, 1.165) is 41.8 Å². The molecule has 0 saturated heterocycles. The largest absolute Gasteiger partial charge is 0.351 e. The average Bonchev–Trinajstić information content (AvgIpc) is 3.16. The van der Waals surface area contributed by atoms with Crippen LogP contribution in [0.5, 0.6) is 0 Å². The molecule has 4 rings (SSSR count). The minimum Gasteiger partial charge on any atom is -0.351 e. The Morgan fingerprint density at radius 2 is 1.73 bits per heavy atom. The van der Waals surface area contributed by atoms with Gasteiger partial charge in [-0.3, -0.25) is 14.5 Å². The highest BCUT2D eigenvalue weighted by atomic mass is 32.1. The first kappa shape index (κ1) is 23.2. The van der Waals surface area contributed by atoms with E-state index in [1.165, 1.54) is 17.8 Å². The molecular formula is C27H31N3O2S. The third-order valence-electron chi connectivity index (χ3n) is 6.17. The Kier molecular flexibility index (Phi) is 7.23. The average molecular weight is 462 g/mol. The summed E-state index contributed by atoms with van der Waals surface area (Å²) in [5.41, 5.74) is 3.22. The fourth-order valence-corrected chi connectivity index (χ4v) is 5.44. The molecule has 1 aliphatic rings. The van der Waals surface area contributed by atoms with Gasteiger partial charge < -0.3 is 5.32 Å². The van der Waals surface area contributed by atoms with Crippen molar-refractivity contribution in [2.75, 3.05) is 4.90 Å². The minimum absolute atomic E-state index is 0.137. The van der Waals surface area contributed by atoms with Crippen LogP contribution < -0.4 is 10.2 Å². The van der Waals surface area contributed by atoms with E-state index in [4.69, 9.17) is 0 Å². The van der Waals surface area contributed by atoms with Gasteiger partial charge in [0.05, 0.1) is 10.7 Å². The van der Waals surface area contributed by atoms with Gasteiger partial charge >= 0.3 is 0 Å². The van der Waals surface area contributed by atoms with Gasteiger partial charge in [-0.05, 0) is 56.9 Å². The van der Waals surface area contributed by atoms with Crippen molar-refractivity contribution in [1.82, 2.24) is 10.3 Å². The van der Waals surface area contributed by atoms with Crippen LogP contribution in [0.1, 0.15) is 69.6 Å². The van der Waals surface area contributed by atoms with Gasteiger partial charge in [-0.25, -0.2) is 4.98 Å². The van der Waals surface area contributed by atoms with Crippen LogP contribution >= 0.6 is 11.3 Å². The SMILES string of the molecule is Cc1cccc(N(C(=O)c2sc(C)nc2C)[C@@H](C(=O)NC2CCCCC2)c2ccccc2)c1. The third kappa shape index (κ3) is 5.33. The topological polar surface area (TPSA) is 62.3 Å². The minimum atomic E-state index is -0.774. The summed E-state index contributed by atoms with van der Waals surface area (Å²) in [7, 11) is 0. The van der Waals surface area contributed by atoms with Gasteiger partial charge in [0.25, 0.3) is 5.91 Å². The normalized spacial score (nSPS) is 15.1. The molecule has 172 valence electrons. The number of thiazole rings is 1. The highest BCUT2D eigenvalue weighted by molar-refractivity contribution is 7.13. The number of hydrogen-bond acceptors (Lipinski definition) is 4. The number of aromatic nitrogens is 1. The van der Waals surface area contributed by atoms with E-state index >= 15 is 0 Å². The summed E-state index contributed by atoms with van der Waals surface area (Å²) in [6, 6.07) is 16.8. The van der Waals surface area contributed by atoms with E-state index in [-0.39, 0.29) is 17.9 Å². The van der Waals surface area contributed by atoms with Crippen molar-refractivity contribution in [3.05, 3.63) is 81.3 Å². The number of benzene rings is 2. The highest BCUT2D eigenvalue weighted by Crippen LogP contribution is 2.33. The molecule has 1 aliphatic carbocycles. The van der Waals surface area contributed by atoms with Crippen LogP contribution in [0.3, 0.4) is 0 Å². The second-order valence-corrected chi connectivity index (χ2v) is 10.0. The van der Waals surface area contributed by atoms with Crippen molar-refractivity contribution < 1.29 is 9.59 Å². The second-order valence-electron chi connectivity index (χ2n) is 8.82. The molecule has 0 aliphatic heterocycles. The van der Waals surface area contributed by atoms with Crippen LogP contribution in [0, 0.1) is 20.8 Å². The number of hydrogen-bond donors (Lipinski definition) is 1. The summed E-state index contributed by atoms with van der Waals surface area (Å²) in [5, 5.41) is 4.10. The fraction of sp³-hybridized carbons (Fsp3) is 0.370. The molecular weight excluding hydrogens is 430 g/mol. The molecule has 0 bridgehead atoms. The molecule has 0 spiro atoms. The van der Waals surface area contributed by atoms with Gasteiger partial charge in [-0.1, -0.05) is 61.7 Å². The molecule has 1 saturated carbocycles. The van der Waals surface area contributed by atoms with Gasteiger partial charge in [0.1, 0.15) is 10.9 Å². The summed E-state index contributed by atoms with van der Waals surface area (Å²) >= 11 is 1.38. The van der Waals surface area contributed by atoms with Crippen molar-refractivity contribution in [1.29, 1.82) is 0 Å². The lowest BCUT2D eigenvalue weighted by molar-refractivity contribution is -0.123. The zero-order chi connectivity index (χ0) is 23.4. The second kappa shape index (κ2) is 10.3. The van der Waals surface area contributed by atoms with E-state index in [1.54, 1.807) is 4.90 Å². The zero-order valence-electron chi connectivity index (χ0n) is 19.5. The Hall–Kier alpha value is -2.99. The monoisotopic (exact) mass is 461 g/mol. The Bertz CT molecular complexity index is 1120. The van der Waals surface area contributed by atoms with Crippen LogP contribution in [0.4, 0.5) is 5.69 Å². The molecule has 1 atom stereocenters. The maximum absolute atomic E-state index is 14.0. The predicted molar refractivity (Wildman–Crippen MR) is 134 cm³/mol. The van der Waals surface area contributed by atoms with Crippen LogP contribution in [0.15, 0.2) is 54.6 Å². The quantitative estimate of drug-likeness (QED) is 0.497. The van der Waals surface area contributed by atoms with E-state index in [9.17, 15) is 9.59 Å². The molecule has 1 N–H and O–H groups in total. The molecule has 3 aromatic rings. The fourth-order valence-electron chi connectivity index (χ4n) is 4.58. The Morgan fingerprint density at radius 1 is 1.00 bits per heavy atom. The number of aryl methyl sites for hydroxylation is 3. The highest BCUT2D eigenvalue weighted by Gasteiger charge is 2.36. The van der Waals surface area contributed by atoms with E-state index in [1.807, 2.05) is 75.4 Å². The molecule has 6 heteroatoms. The maximum atomic E-state index is 14.0.